The van der Waals surface area contributed by atoms with Gasteiger partial charge in [-0.25, -0.2) is 9.78 Å². The lowest BCUT2D eigenvalue weighted by Crippen LogP contribution is -2.29. The SMILES string of the molecule is COC(=O)Nc1ccc2c(c1)CCCCc1cccc(c1)CC(NC(=O)/C=C/c1cc(Cl)ccc1-n1cnnn1)c1nc-2c(Cl)[nH]1. The van der Waals surface area contributed by atoms with E-state index in [2.05, 4.69) is 43.3 Å². The number of methoxy groups -OCH3 is 1. The molecule has 6 rings (SSSR count). The third-order valence-corrected chi connectivity index (χ3v) is 8.22. The smallest absolute Gasteiger partial charge is 0.411 e. The van der Waals surface area contributed by atoms with E-state index < -0.39 is 12.1 Å². The standard InChI is InChI=1S/C33H30Cl2N8O3/c1-46-33(45)37-25-11-12-26-22(18-25)8-3-2-5-20-6-4-7-21(15-20)16-27(32-39-30(26)31(35)40-32)38-29(44)14-9-23-17-24(34)10-13-28(23)43-19-36-41-42-43/h4,6-7,9-15,17-19,27H,2-3,5,8,16H2,1H3,(H,37,45)(H,38,44)(H,39,40)/b14-9+. The zero-order chi connectivity index (χ0) is 32.0. The van der Waals surface area contributed by atoms with Crippen LogP contribution < -0.4 is 10.6 Å². The van der Waals surface area contributed by atoms with E-state index >= 15 is 0 Å². The number of amides is 2. The molecule has 3 N–H and O–H groups in total. The second-order valence-electron chi connectivity index (χ2n) is 10.9. The molecule has 234 valence electrons. The molecule has 4 bridgehead atoms. The minimum absolute atomic E-state index is 0.335. The maximum Gasteiger partial charge on any atom is 0.411 e. The normalized spacial score (nSPS) is 14.7. The number of carbonyl (C=O) groups is 2. The number of aryl methyl sites for hydroxylation is 2. The number of carbonyl (C=O) groups excluding carboxylic acids is 2. The minimum atomic E-state index is -0.546. The van der Waals surface area contributed by atoms with Crippen LogP contribution in [0.3, 0.4) is 0 Å². The first-order chi connectivity index (χ1) is 22.4. The second-order valence-corrected chi connectivity index (χ2v) is 11.7. The van der Waals surface area contributed by atoms with Crippen molar-refractivity contribution >= 4 is 47.0 Å². The monoisotopic (exact) mass is 656 g/mol. The third kappa shape index (κ3) is 7.27. The molecule has 0 saturated carbocycles. The number of halogens is 2. The van der Waals surface area contributed by atoms with Crippen LogP contribution in [0.4, 0.5) is 10.5 Å². The molecule has 3 aromatic carbocycles. The van der Waals surface area contributed by atoms with Crippen molar-refractivity contribution in [2.75, 3.05) is 12.4 Å². The number of benzene rings is 3. The number of aromatic nitrogens is 6. The van der Waals surface area contributed by atoms with Gasteiger partial charge in [0.05, 0.1) is 18.8 Å². The molecule has 2 aromatic heterocycles. The summed E-state index contributed by atoms with van der Waals surface area (Å²) in [5.41, 5.74) is 6.63. The first-order valence-electron chi connectivity index (χ1n) is 14.7. The lowest BCUT2D eigenvalue weighted by molar-refractivity contribution is -0.117. The predicted octanol–water partition coefficient (Wildman–Crippen LogP) is 6.53. The van der Waals surface area contributed by atoms with Gasteiger partial charge in [-0.05, 0) is 95.6 Å². The zero-order valence-electron chi connectivity index (χ0n) is 24.8. The van der Waals surface area contributed by atoms with Crippen LogP contribution in [0.15, 0.2) is 73.1 Å². The van der Waals surface area contributed by atoms with E-state index in [-0.39, 0.29) is 5.91 Å². The van der Waals surface area contributed by atoms with Crippen LogP contribution in [0, 0.1) is 0 Å². The van der Waals surface area contributed by atoms with Crippen LogP contribution in [-0.4, -0.2) is 49.3 Å². The second kappa shape index (κ2) is 14.0. The zero-order valence-corrected chi connectivity index (χ0v) is 26.3. The molecular formula is C33H30Cl2N8O3. The number of tetrazole rings is 1. The molecule has 0 saturated heterocycles. The topological polar surface area (TPSA) is 140 Å². The number of nitrogens with zero attached hydrogens (tertiary/aromatic N) is 5. The van der Waals surface area contributed by atoms with Gasteiger partial charge in [0.1, 0.15) is 23.0 Å². The maximum atomic E-state index is 13.4. The third-order valence-electron chi connectivity index (χ3n) is 7.71. The summed E-state index contributed by atoms with van der Waals surface area (Å²) in [6.45, 7) is 0. The van der Waals surface area contributed by atoms with Crippen molar-refractivity contribution in [1.82, 2.24) is 35.5 Å². The van der Waals surface area contributed by atoms with Crippen LogP contribution in [0.25, 0.3) is 23.0 Å². The summed E-state index contributed by atoms with van der Waals surface area (Å²) in [6.07, 6.45) is 8.08. The minimum Gasteiger partial charge on any atom is -0.453 e. The van der Waals surface area contributed by atoms with Gasteiger partial charge in [-0.1, -0.05) is 53.5 Å². The molecule has 3 heterocycles. The fourth-order valence-electron chi connectivity index (χ4n) is 5.52. The lowest BCUT2D eigenvalue weighted by atomic mass is 9.96. The van der Waals surface area contributed by atoms with Gasteiger partial charge in [-0.3, -0.25) is 10.1 Å². The van der Waals surface area contributed by atoms with Crippen molar-refractivity contribution in [2.24, 2.45) is 0 Å². The summed E-state index contributed by atoms with van der Waals surface area (Å²) in [5.74, 6) is 0.182. The molecule has 1 aliphatic rings. The molecule has 1 unspecified atom stereocenters. The summed E-state index contributed by atoms with van der Waals surface area (Å²) in [6, 6.07) is 18.7. The summed E-state index contributed by atoms with van der Waals surface area (Å²) in [4.78, 5) is 33.4. The molecule has 1 aliphatic heterocycles. The predicted molar refractivity (Wildman–Crippen MR) is 176 cm³/mol. The van der Waals surface area contributed by atoms with Gasteiger partial charge in [0, 0.05) is 27.9 Å². The Morgan fingerprint density at radius 1 is 1.04 bits per heavy atom. The Labute approximate surface area is 275 Å². The van der Waals surface area contributed by atoms with Gasteiger partial charge < -0.3 is 15.0 Å². The molecule has 46 heavy (non-hydrogen) atoms. The number of aromatic amines is 1. The van der Waals surface area contributed by atoms with Crippen molar-refractivity contribution in [3.05, 3.63) is 111 Å². The van der Waals surface area contributed by atoms with E-state index in [1.807, 2.05) is 24.3 Å². The molecule has 5 aromatic rings. The van der Waals surface area contributed by atoms with Crippen LogP contribution in [0.5, 0.6) is 0 Å². The van der Waals surface area contributed by atoms with Crippen LogP contribution in [0.1, 0.15) is 47.0 Å². The first-order valence-corrected chi connectivity index (χ1v) is 15.4. The highest BCUT2D eigenvalue weighted by Crippen LogP contribution is 2.34. The van der Waals surface area contributed by atoms with Crippen molar-refractivity contribution in [2.45, 2.75) is 38.1 Å². The van der Waals surface area contributed by atoms with E-state index in [0.717, 1.165) is 42.4 Å². The van der Waals surface area contributed by atoms with E-state index in [0.29, 0.717) is 45.1 Å². The molecule has 0 radical (unpaired) electrons. The number of nitrogens with one attached hydrogen (secondary N) is 3. The van der Waals surface area contributed by atoms with E-state index in [9.17, 15) is 9.59 Å². The molecule has 0 fully saturated rings. The molecule has 1 atom stereocenters. The summed E-state index contributed by atoms with van der Waals surface area (Å²) < 4.78 is 6.27. The van der Waals surface area contributed by atoms with Crippen molar-refractivity contribution in [3.8, 4) is 16.9 Å². The van der Waals surface area contributed by atoms with Crippen molar-refractivity contribution in [3.63, 3.8) is 0 Å². The van der Waals surface area contributed by atoms with Gasteiger partial charge in [-0.2, -0.15) is 4.68 Å². The highest BCUT2D eigenvalue weighted by Gasteiger charge is 2.23. The van der Waals surface area contributed by atoms with Crippen molar-refractivity contribution < 1.29 is 14.3 Å². The summed E-state index contributed by atoms with van der Waals surface area (Å²) in [5, 5.41) is 18.1. The number of imidazole rings is 1. The average Bonchev–Trinajstić information content (AvgIpc) is 3.72. The Hall–Kier alpha value is -5.00. The number of H-pyrrole nitrogens is 1. The molecule has 2 amide bonds. The molecule has 11 nitrogen and oxygen atoms in total. The Kier molecular flexibility index (Phi) is 9.41. The molecular weight excluding hydrogens is 627 g/mol. The van der Waals surface area contributed by atoms with E-state index in [1.54, 1.807) is 30.3 Å². The van der Waals surface area contributed by atoms with Crippen LogP contribution >= 0.6 is 23.2 Å². The van der Waals surface area contributed by atoms with Crippen molar-refractivity contribution in [1.29, 1.82) is 0 Å². The van der Waals surface area contributed by atoms with Crippen LogP contribution in [-0.2, 0) is 28.8 Å². The number of anilines is 1. The Morgan fingerprint density at radius 3 is 2.72 bits per heavy atom. The first kappa shape index (κ1) is 31.0. The Balaban J connectivity index is 1.34. The summed E-state index contributed by atoms with van der Waals surface area (Å²) >= 11 is 13.0. The fourth-order valence-corrected chi connectivity index (χ4v) is 5.95. The average molecular weight is 658 g/mol. The molecule has 13 heteroatoms. The van der Waals surface area contributed by atoms with Gasteiger partial charge in [0.25, 0.3) is 0 Å². The van der Waals surface area contributed by atoms with Gasteiger partial charge in [-0.15, -0.1) is 5.10 Å². The number of hydrogen-bond acceptors (Lipinski definition) is 7. The maximum absolute atomic E-state index is 13.4. The number of fused-ring (bicyclic) bond motifs is 6. The Bertz CT molecular complexity index is 1900. The van der Waals surface area contributed by atoms with E-state index in [1.165, 1.54) is 29.8 Å². The highest BCUT2D eigenvalue weighted by atomic mass is 35.5. The van der Waals surface area contributed by atoms with Gasteiger partial charge in [0.2, 0.25) is 5.91 Å². The number of ether oxygens (including phenoxy) is 1. The fraction of sp³-hybridized carbons (Fsp3) is 0.212. The van der Waals surface area contributed by atoms with Crippen LogP contribution in [0.2, 0.25) is 10.2 Å². The largest absolute Gasteiger partial charge is 0.453 e. The number of hydrogen-bond donors (Lipinski definition) is 3. The molecule has 0 spiro atoms. The Morgan fingerprint density at radius 2 is 1.89 bits per heavy atom. The summed E-state index contributed by atoms with van der Waals surface area (Å²) in [7, 11) is 1.32. The number of rotatable bonds is 5. The highest BCUT2D eigenvalue weighted by molar-refractivity contribution is 6.32. The lowest BCUT2D eigenvalue weighted by Gasteiger charge is -2.17. The van der Waals surface area contributed by atoms with Gasteiger partial charge >= 0.3 is 6.09 Å². The van der Waals surface area contributed by atoms with Gasteiger partial charge in [0.15, 0.2) is 0 Å². The quantitative estimate of drug-likeness (QED) is 0.183. The molecule has 0 aliphatic carbocycles. The van der Waals surface area contributed by atoms with E-state index in [4.69, 9.17) is 32.9 Å².